The van der Waals surface area contributed by atoms with Gasteiger partial charge in [-0.25, -0.2) is 0 Å². The van der Waals surface area contributed by atoms with Gasteiger partial charge in [0.05, 0.1) is 6.61 Å². The van der Waals surface area contributed by atoms with Crippen LogP contribution in [0.1, 0.15) is 40.0 Å². The Morgan fingerprint density at radius 2 is 2.06 bits per heavy atom. The summed E-state index contributed by atoms with van der Waals surface area (Å²) in [7, 11) is 3.98. The molecule has 0 radical (unpaired) electrons. The van der Waals surface area contributed by atoms with Crippen molar-refractivity contribution in [2.24, 2.45) is 17.6 Å². The third-order valence-corrected chi connectivity index (χ3v) is 4.94. The molecular weight excluding hydrogens is 212 g/mol. The summed E-state index contributed by atoms with van der Waals surface area (Å²) < 4.78 is 5.27. The minimum absolute atomic E-state index is 0.184. The molecule has 17 heavy (non-hydrogen) atoms. The maximum Gasteiger partial charge on any atom is 0.0615 e. The number of ether oxygens (including phenoxy) is 1. The van der Waals surface area contributed by atoms with E-state index in [4.69, 9.17) is 10.5 Å². The molecule has 0 aliphatic heterocycles. The zero-order valence-corrected chi connectivity index (χ0v) is 12.2. The average Bonchev–Trinajstić information content (AvgIpc) is 2.32. The second-order valence-corrected chi connectivity index (χ2v) is 6.04. The fourth-order valence-corrected chi connectivity index (χ4v) is 3.15. The molecule has 0 aromatic heterocycles. The van der Waals surface area contributed by atoms with Gasteiger partial charge in [0.15, 0.2) is 0 Å². The van der Waals surface area contributed by atoms with E-state index in [0.717, 1.165) is 25.0 Å². The average molecular weight is 242 g/mol. The molecule has 1 aliphatic carbocycles. The predicted octanol–water partition coefficient (Wildman–Crippen LogP) is 2.11. The molecule has 4 unspecified atom stereocenters. The number of hydrogen-bond acceptors (Lipinski definition) is 3. The SMILES string of the molecule is COCC(C)N(C)C1(CN)CCC(C)C(C)C1. The molecule has 0 amide bonds. The highest BCUT2D eigenvalue weighted by molar-refractivity contribution is 4.97. The van der Waals surface area contributed by atoms with Gasteiger partial charge in [-0.3, -0.25) is 4.90 Å². The van der Waals surface area contributed by atoms with Gasteiger partial charge in [0.1, 0.15) is 0 Å². The normalized spacial score (nSPS) is 36.2. The summed E-state index contributed by atoms with van der Waals surface area (Å²) in [5.74, 6) is 1.60. The Labute approximate surface area is 107 Å². The molecule has 1 fully saturated rings. The number of nitrogens with zero attached hydrogens (tertiary/aromatic N) is 1. The Kier molecular flexibility index (Phi) is 5.42. The molecule has 0 saturated heterocycles. The maximum atomic E-state index is 6.10. The first-order valence-corrected chi connectivity index (χ1v) is 6.88. The lowest BCUT2D eigenvalue weighted by Gasteiger charge is -2.50. The lowest BCUT2D eigenvalue weighted by molar-refractivity contribution is -0.00744. The standard InChI is InChI=1S/C14H30N2O/c1-11-6-7-14(10-15,8-12(11)2)16(4)13(3)9-17-5/h11-13H,6-10,15H2,1-5H3. The van der Waals surface area contributed by atoms with E-state index in [1.807, 2.05) is 0 Å². The summed E-state index contributed by atoms with van der Waals surface area (Å²) in [6.07, 6.45) is 3.73. The summed E-state index contributed by atoms with van der Waals surface area (Å²) in [5.41, 5.74) is 6.28. The molecule has 1 aliphatic rings. The van der Waals surface area contributed by atoms with Gasteiger partial charge >= 0.3 is 0 Å². The van der Waals surface area contributed by atoms with Crippen LogP contribution in [0.3, 0.4) is 0 Å². The van der Waals surface area contributed by atoms with E-state index in [0.29, 0.717) is 6.04 Å². The highest BCUT2D eigenvalue weighted by Gasteiger charge is 2.41. The molecule has 3 heteroatoms. The summed E-state index contributed by atoms with van der Waals surface area (Å²) in [5, 5.41) is 0. The molecule has 0 heterocycles. The number of likely N-dealkylation sites (N-methyl/N-ethyl adjacent to an activating group) is 1. The highest BCUT2D eigenvalue weighted by Crippen LogP contribution is 2.39. The van der Waals surface area contributed by atoms with Crippen molar-refractivity contribution in [3.8, 4) is 0 Å². The smallest absolute Gasteiger partial charge is 0.0615 e. The monoisotopic (exact) mass is 242 g/mol. The first-order valence-electron chi connectivity index (χ1n) is 6.88. The molecule has 0 aromatic rings. The van der Waals surface area contributed by atoms with Gasteiger partial charge in [-0.15, -0.1) is 0 Å². The van der Waals surface area contributed by atoms with E-state index in [1.54, 1.807) is 7.11 Å². The molecule has 102 valence electrons. The second kappa shape index (κ2) is 6.17. The predicted molar refractivity (Wildman–Crippen MR) is 73.1 cm³/mol. The van der Waals surface area contributed by atoms with Gasteiger partial charge < -0.3 is 10.5 Å². The highest BCUT2D eigenvalue weighted by atomic mass is 16.5. The molecule has 0 aromatic carbocycles. The third kappa shape index (κ3) is 3.21. The van der Waals surface area contributed by atoms with E-state index >= 15 is 0 Å². The van der Waals surface area contributed by atoms with Gasteiger partial charge in [0.2, 0.25) is 0 Å². The van der Waals surface area contributed by atoms with Crippen molar-refractivity contribution in [3.63, 3.8) is 0 Å². The number of hydrogen-bond donors (Lipinski definition) is 1. The molecule has 1 rings (SSSR count). The van der Waals surface area contributed by atoms with E-state index in [1.165, 1.54) is 19.3 Å². The van der Waals surface area contributed by atoms with Crippen LogP contribution in [0.4, 0.5) is 0 Å². The van der Waals surface area contributed by atoms with Gasteiger partial charge in [0.25, 0.3) is 0 Å². The maximum absolute atomic E-state index is 6.10. The van der Waals surface area contributed by atoms with Gasteiger partial charge in [0, 0.05) is 25.2 Å². The molecule has 0 bridgehead atoms. The molecule has 4 atom stereocenters. The van der Waals surface area contributed by atoms with Crippen molar-refractivity contribution in [2.75, 3.05) is 27.3 Å². The number of methoxy groups -OCH3 is 1. The van der Waals surface area contributed by atoms with Crippen LogP contribution in [0.5, 0.6) is 0 Å². The van der Waals surface area contributed by atoms with Crippen molar-refractivity contribution in [3.05, 3.63) is 0 Å². The lowest BCUT2D eigenvalue weighted by Crippen LogP contribution is -2.59. The fourth-order valence-electron chi connectivity index (χ4n) is 3.15. The van der Waals surface area contributed by atoms with Gasteiger partial charge in [-0.2, -0.15) is 0 Å². The molecular formula is C14H30N2O. The van der Waals surface area contributed by atoms with Crippen molar-refractivity contribution in [2.45, 2.75) is 51.6 Å². The Morgan fingerprint density at radius 3 is 2.53 bits per heavy atom. The first-order chi connectivity index (χ1) is 7.96. The summed E-state index contributed by atoms with van der Waals surface area (Å²) in [6, 6.07) is 0.434. The minimum Gasteiger partial charge on any atom is -0.383 e. The Bertz CT molecular complexity index is 234. The summed E-state index contributed by atoms with van der Waals surface area (Å²) in [4.78, 5) is 2.46. The second-order valence-electron chi connectivity index (χ2n) is 6.04. The van der Waals surface area contributed by atoms with Crippen LogP contribution < -0.4 is 5.73 Å². The number of nitrogens with two attached hydrogens (primary N) is 1. The topological polar surface area (TPSA) is 38.5 Å². The van der Waals surface area contributed by atoms with Gasteiger partial charge in [-0.1, -0.05) is 13.8 Å². The molecule has 3 nitrogen and oxygen atoms in total. The molecule has 1 saturated carbocycles. The van der Waals surface area contributed by atoms with Crippen molar-refractivity contribution in [1.82, 2.24) is 4.90 Å². The van der Waals surface area contributed by atoms with E-state index < -0.39 is 0 Å². The third-order valence-electron chi connectivity index (χ3n) is 4.94. The van der Waals surface area contributed by atoms with Crippen LogP contribution in [0.15, 0.2) is 0 Å². The zero-order valence-electron chi connectivity index (χ0n) is 12.2. The van der Waals surface area contributed by atoms with E-state index in [-0.39, 0.29) is 5.54 Å². The van der Waals surface area contributed by atoms with Crippen LogP contribution >= 0.6 is 0 Å². The zero-order chi connectivity index (χ0) is 13.1. The molecule has 2 N–H and O–H groups in total. The van der Waals surface area contributed by atoms with Gasteiger partial charge in [-0.05, 0) is 45.1 Å². The Hall–Kier alpha value is -0.120. The van der Waals surface area contributed by atoms with Crippen LogP contribution in [0, 0.1) is 11.8 Å². The van der Waals surface area contributed by atoms with Crippen molar-refractivity contribution < 1.29 is 4.74 Å². The minimum atomic E-state index is 0.184. The Balaban J connectivity index is 2.74. The van der Waals surface area contributed by atoms with Crippen LogP contribution in [-0.4, -0.2) is 43.8 Å². The largest absolute Gasteiger partial charge is 0.383 e. The van der Waals surface area contributed by atoms with E-state index in [9.17, 15) is 0 Å². The van der Waals surface area contributed by atoms with Crippen LogP contribution in [0.2, 0.25) is 0 Å². The Morgan fingerprint density at radius 1 is 1.41 bits per heavy atom. The van der Waals surface area contributed by atoms with Crippen LogP contribution in [0.25, 0.3) is 0 Å². The number of rotatable bonds is 5. The fraction of sp³-hybridized carbons (Fsp3) is 1.00. The first kappa shape index (κ1) is 14.9. The summed E-state index contributed by atoms with van der Waals surface area (Å²) in [6.45, 7) is 8.49. The van der Waals surface area contributed by atoms with Crippen molar-refractivity contribution in [1.29, 1.82) is 0 Å². The molecule has 0 spiro atoms. The quantitative estimate of drug-likeness (QED) is 0.802. The lowest BCUT2D eigenvalue weighted by atomic mass is 9.70. The van der Waals surface area contributed by atoms with Crippen molar-refractivity contribution >= 4 is 0 Å². The summed E-state index contributed by atoms with van der Waals surface area (Å²) >= 11 is 0. The van der Waals surface area contributed by atoms with Crippen LogP contribution in [-0.2, 0) is 4.74 Å². The van der Waals surface area contributed by atoms with E-state index in [2.05, 4.69) is 32.7 Å².